The Morgan fingerprint density at radius 2 is 1.92 bits per heavy atom. The summed E-state index contributed by atoms with van der Waals surface area (Å²) in [7, 11) is 0. The fourth-order valence-electron chi connectivity index (χ4n) is 3.55. The molecule has 2 aliphatic rings. The van der Waals surface area contributed by atoms with Crippen LogP contribution < -0.4 is 10.2 Å². The second-order valence-electron chi connectivity index (χ2n) is 7.00. The summed E-state index contributed by atoms with van der Waals surface area (Å²) in [5.74, 6) is -0.0318. The number of piperidine rings is 1. The minimum Gasteiger partial charge on any atom is -0.379 e. The molecule has 0 bridgehead atoms. The minimum absolute atomic E-state index is 0.0318. The Hall–Kier alpha value is -1.30. The molecule has 1 unspecified atom stereocenters. The quantitative estimate of drug-likeness (QED) is 0.871. The van der Waals surface area contributed by atoms with Crippen LogP contribution in [0, 0.1) is 0 Å². The van der Waals surface area contributed by atoms with Gasteiger partial charge in [-0.3, -0.25) is 9.69 Å². The number of anilines is 1. The van der Waals surface area contributed by atoms with Gasteiger partial charge in [-0.25, -0.2) is 0 Å². The third kappa shape index (κ3) is 5.09. The lowest BCUT2D eigenvalue weighted by atomic mass is 10.1. The van der Waals surface area contributed by atoms with E-state index in [1.54, 1.807) is 0 Å². The zero-order valence-corrected chi connectivity index (χ0v) is 15.7. The van der Waals surface area contributed by atoms with Crippen LogP contribution in [0.2, 0.25) is 5.02 Å². The number of benzene rings is 1. The molecule has 0 aliphatic carbocycles. The van der Waals surface area contributed by atoms with E-state index < -0.39 is 0 Å². The van der Waals surface area contributed by atoms with Crippen molar-refractivity contribution in [2.24, 2.45) is 0 Å². The van der Waals surface area contributed by atoms with Crippen molar-refractivity contribution < 1.29 is 9.53 Å². The van der Waals surface area contributed by atoms with Gasteiger partial charge in [0.1, 0.15) is 0 Å². The van der Waals surface area contributed by atoms with Crippen molar-refractivity contribution in [2.45, 2.75) is 32.2 Å². The van der Waals surface area contributed by atoms with Crippen LogP contribution in [-0.4, -0.2) is 62.8 Å². The molecule has 0 spiro atoms. The second-order valence-corrected chi connectivity index (χ2v) is 7.41. The van der Waals surface area contributed by atoms with Gasteiger partial charge in [0.2, 0.25) is 0 Å². The summed E-state index contributed by atoms with van der Waals surface area (Å²) in [4.78, 5) is 17.2. The average Bonchev–Trinajstić information content (AvgIpc) is 2.63. The highest BCUT2D eigenvalue weighted by Crippen LogP contribution is 2.29. The Kier molecular flexibility index (Phi) is 6.57. The van der Waals surface area contributed by atoms with E-state index in [1.807, 2.05) is 18.2 Å². The zero-order valence-electron chi connectivity index (χ0n) is 15.0. The number of hydrogen-bond donors (Lipinski definition) is 1. The van der Waals surface area contributed by atoms with Crippen LogP contribution >= 0.6 is 11.6 Å². The fraction of sp³-hybridized carbons (Fsp3) is 0.632. The highest BCUT2D eigenvalue weighted by atomic mass is 35.5. The van der Waals surface area contributed by atoms with E-state index in [1.165, 1.54) is 19.3 Å². The molecule has 138 valence electrons. The van der Waals surface area contributed by atoms with E-state index in [2.05, 4.69) is 22.0 Å². The second kappa shape index (κ2) is 8.88. The number of rotatable bonds is 5. The van der Waals surface area contributed by atoms with Gasteiger partial charge in [0.05, 0.1) is 23.9 Å². The van der Waals surface area contributed by atoms with Crippen molar-refractivity contribution in [1.29, 1.82) is 0 Å². The number of ether oxygens (including phenoxy) is 1. The number of nitrogens with zero attached hydrogens (tertiary/aromatic N) is 2. The lowest BCUT2D eigenvalue weighted by Gasteiger charge is -2.30. The number of morpholine rings is 1. The van der Waals surface area contributed by atoms with Gasteiger partial charge in [0.15, 0.2) is 0 Å². The zero-order chi connectivity index (χ0) is 17.6. The predicted molar refractivity (Wildman–Crippen MR) is 102 cm³/mol. The number of nitrogens with one attached hydrogen (secondary N) is 1. The summed E-state index contributed by atoms with van der Waals surface area (Å²) in [6, 6.07) is 5.68. The maximum Gasteiger partial charge on any atom is 0.251 e. The summed E-state index contributed by atoms with van der Waals surface area (Å²) >= 11 is 6.38. The molecule has 0 aromatic heterocycles. The molecule has 2 aliphatic heterocycles. The normalized spacial score (nSPS) is 20.3. The molecular formula is C19H28ClN3O2. The van der Waals surface area contributed by atoms with Crippen LogP contribution in [0.15, 0.2) is 18.2 Å². The first-order chi connectivity index (χ1) is 12.1. The van der Waals surface area contributed by atoms with E-state index >= 15 is 0 Å². The molecule has 1 atom stereocenters. The number of carbonyl (C=O) groups excluding carboxylic acids is 1. The molecule has 1 aromatic carbocycles. The molecule has 1 aromatic rings. The molecule has 0 saturated carbocycles. The van der Waals surface area contributed by atoms with Crippen molar-refractivity contribution in [3.05, 3.63) is 28.8 Å². The maximum absolute atomic E-state index is 12.6. The number of halogens is 1. The third-order valence-electron chi connectivity index (χ3n) is 4.92. The highest BCUT2D eigenvalue weighted by Gasteiger charge is 2.19. The van der Waals surface area contributed by atoms with E-state index in [4.69, 9.17) is 16.3 Å². The first-order valence-electron chi connectivity index (χ1n) is 9.29. The molecular weight excluding hydrogens is 338 g/mol. The Morgan fingerprint density at radius 3 is 2.64 bits per heavy atom. The number of amides is 1. The first kappa shape index (κ1) is 18.5. The van der Waals surface area contributed by atoms with Gasteiger partial charge in [0.25, 0.3) is 5.91 Å². The van der Waals surface area contributed by atoms with E-state index in [0.29, 0.717) is 5.56 Å². The van der Waals surface area contributed by atoms with Gasteiger partial charge in [0, 0.05) is 44.3 Å². The third-order valence-corrected chi connectivity index (χ3v) is 5.24. The standard InChI is InChI=1S/C19H28ClN3O2/c1-15(14-22-9-11-25-12-10-22)21-19(24)16-5-6-17(20)18(13-16)23-7-3-2-4-8-23/h5-6,13,15H,2-4,7-12,14H2,1H3,(H,21,24). The monoisotopic (exact) mass is 365 g/mol. The Morgan fingerprint density at radius 1 is 1.20 bits per heavy atom. The van der Waals surface area contributed by atoms with Crippen LogP contribution in [0.1, 0.15) is 36.5 Å². The summed E-state index contributed by atoms with van der Waals surface area (Å²) in [5.41, 5.74) is 1.66. The molecule has 2 heterocycles. The van der Waals surface area contributed by atoms with E-state index in [9.17, 15) is 4.79 Å². The lowest BCUT2D eigenvalue weighted by Crippen LogP contribution is -2.46. The fourth-order valence-corrected chi connectivity index (χ4v) is 3.79. The molecule has 2 saturated heterocycles. The SMILES string of the molecule is CC(CN1CCOCC1)NC(=O)c1ccc(Cl)c(N2CCCCC2)c1. The first-order valence-corrected chi connectivity index (χ1v) is 9.67. The largest absolute Gasteiger partial charge is 0.379 e. The van der Waals surface area contributed by atoms with Crippen molar-refractivity contribution in [3.63, 3.8) is 0 Å². The summed E-state index contributed by atoms with van der Waals surface area (Å²) < 4.78 is 5.37. The van der Waals surface area contributed by atoms with Gasteiger partial charge < -0.3 is 15.0 Å². The number of carbonyl (C=O) groups is 1. The van der Waals surface area contributed by atoms with E-state index in [-0.39, 0.29) is 11.9 Å². The maximum atomic E-state index is 12.6. The van der Waals surface area contributed by atoms with Gasteiger partial charge in [-0.2, -0.15) is 0 Å². The Labute approximate surface area is 155 Å². The van der Waals surface area contributed by atoms with Crippen molar-refractivity contribution in [1.82, 2.24) is 10.2 Å². The topological polar surface area (TPSA) is 44.8 Å². The molecule has 25 heavy (non-hydrogen) atoms. The van der Waals surface area contributed by atoms with Crippen molar-refractivity contribution in [2.75, 3.05) is 50.8 Å². The smallest absolute Gasteiger partial charge is 0.251 e. The number of hydrogen-bond acceptors (Lipinski definition) is 4. The minimum atomic E-state index is -0.0318. The van der Waals surface area contributed by atoms with Crippen LogP contribution in [0.5, 0.6) is 0 Å². The van der Waals surface area contributed by atoms with Gasteiger partial charge >= 0.3 is 0 Å². The average molecular weight is 366 g/mol. The summed E-state index contributed by atoms with van der Waals surface area (Å²) in [6.07, 6.45) is 3.64. The summed E-state index contributed by atoms with van der Waals surface area (Å²) in [5, 5.41) is 3.83. The van der Waals surface area contributed by atoms with Crippen LogP contribution in [-0.2, 0) is 4.74 Å². The molecule has 6 heteroatoms. The molecule has 2 fully saturated rings. The van der Waals surface area contributed by atoms with Gasteiger partial charge in [-0.05, 0) is 44.4 Å². The predicted octanol–water partition coefficient (Wildman–Crippen LogP) is 2.78. The van der Waals surface area contributed by atoms with E-state index in [0.717, 1.165) is 56.6 Å². The lowest BCUT2D eigenvalue weighted by molar-refractivity contribution is 0.0342. The van der Waals surface area contributed by atoms with Crippen molar-refractivity contribution in [3.8, 4) is 0 Å². The van der Waals surface area contributed by atoms with Crippen LogP contribution in [0.25, 0.3) is 0 Å². The molecule has 0 radical (unpaired) electrons. The summed E-state index contributed by atoms with van der Waals surface area (Å²) in [6.45, 7) is 8.33. The van der Waals surface area contributed by atoms with Gasteiger partial charge in [-0.15, -0.1) is 0 Å². The van der Waals surface area contributed by atoms with Gasteiger partial charge in [-0.1, -0.05) is 11.6 Å². The Bertz CT molecular complexity index is 584. The van der Waals surface area contributed by atoms with Crippen LogP contribution in [0.4, 0.5) is 5.69 Å². The molecule has 3 rings (SSSR count). The molecule has 5 nitrogen and oxygen atoms in total. The molecule has 1 amide bonds. The molecule has 1 N–H and O–H groups in total. The highest BCUT2D eigenvalue weighted by molar-refractivity contribution is 6.33. The van der Waals surface area contributed by atoms with Crippen molar-refractivity contribution >= 4 is 23.2 Å². The Balaban J connectivity index is 1.61. The van der Waals surface area contributed by atoms with Crippen LogP contribution in [0.3, 0.4) is 0 Å².